The highest BCUT2D eigenvalue weighted by Gasteiger charge is 2.18. The average Bonchev–Trinajstić information content (AvgIpc) is 3.35. The van der Waals surface area contributed by atoms with E-state index in [1.807, 2.05) is 6.08 Å². The fourth-order valence-electron chi connectivity index (χ4n) is 9.15. The molecule has 0 rings (SSSR count). The number of carbonyl (C=O) groups is 2. The quantitative estimate of drug-likeness (QED) is 0.0244. The molecule has 0 aliphatic carbocycles. The topological polar surface area (TPSA) is 95.9 Å². The normalized spacial score (nSPS) is 12.9. The summed E-state index contributed by atoms with van der Waals surface area (Å²) in [5, 5.41) is 23.1. The van der Waals surface area contributed by atoms with Crippen molar-refractivity contribution in [3.63, 3.8) is 0 Å². The second-order valence-corrected chi connectivity index (χ2v) is 20.7. The van der Waals surface area contributed by atoms with Gasteiger partial charge in [0, 0.05) is 12.8 Å². The maximum Gasteiger partial charge on any atom is 0.305 e. The van der Waals surface area contributed by atoms with Crippen molar-refractivity contribution in [1.29, 1.82) is 0 Å². The summed E-state index contributed by atoms with van der Waals surface area (Å²) in [6, 6.07) is -0.636. The lowest BCUT2D eigenvalue weighted by Crippen LogP contribution is -2.45. The van der Waals surface area contributed by atoms with Crippen LogP contribution >= 0.6 is 0 Å². The minimum atomic E-state index is -0.852. The second kappa shape index (κ2) is 58.4. The molecule has 404 valence electrons. The van der Waals surface area contributed by atoms with Crippen LogP contribution in [0.1, 0.15) is 316 Å². The van der Waals surface area contributed by atoms with E-state index in [1.165, 1.54) is 212 Å². The molecular weight excluding hydrogens is 851 g/mol. The van der Waals surface area contributed by atoms with Gasteiger partial charge in [0.05, 0.1) is 25.4 Å². The molecule has 6 nitrogen and oxygen atoms in total. The Balaban J connectivity index is 3.50. The molecule has 69 heavy (non-hydrogen) atoms. The molecule has 0 aromatic heterocycles. The minimum Gasteiger partial charge on any atom is -0.466 e. The predicted octanol–water partition coefficient (Wildman–Crippen LogP) is 19.0. The van der Waals surface area contributed by atoms with E-state index in [9.17, 15) is 19.8 Å². The Labute approximate surface area is 429 Å². The minimum absolute atomic E-state index is 0.0177. The summed E-state index contributed by atoms with van der Waals surface area (Å²) in [4.78, 5) is 24.5. The zero-order valence-corrected chi connectivity index (χ0v) is 46.0. The zero-order valence-electron chi connectivity index (χ0n) is 46.0. The maximum absolute atomic E-state index is 12.5. The van der Waals surface area contributed by atoms with E-state index in [0.29, 0.717) is 19.4 Å². The number of carbonyl (C=O) groups excluding carboxylic acids is 2. The van der Waals surface area contributed by atoms with Gasteiger partial charge in [-0.15, -0.1) is 0 Å². The number of allylic oxidation sites excluding steroid dienone is 7. The Kier molecular flexibility index (Phi) is 56.5. The number of aliphatic hydroxyl groups excluding tert-OH is 2. The molecule has 0 saturated heterocycles. The first kappa shape index (κ1) is 66.8. The average molecular weight is 969 g/mol. The molecule has 0 heterocycles. The number of unbranched alkanes of at least 4 members (excludes halogenated alkanes) is 40. The van der Waals surface area contributed by atoms with Crippen molar-refractivity contribution in [3.8, 4) is 0 Å². The summed E-state index contributed by atoms with van der Waals surface area (Å²) in [7, 11) is 0. The van der Waals surface area contributed by atoms with Crippen LogP contribution in [0.5, 0.6) is 0 Å². The smallest absolute Gasteiger partial charge is 0.305 e. The Hall–Kier alpha value is -2.18. The van der Waals surface area contributed by atoms with E-state index in [0.717, 1.165) is 77.0 Å². The fraction of sp³-hybridized carbons (Fsp3) is 0.841. The molecule has 6 heteroatoms. The van der Waals surface area contributed by atoms with Crippen LogP contribution in [0.25, 0.3) is 0 Å². The van der Waals surface area contributed by atoms with Gasteiger partial charge in [-0.25, -0.2) is 0 Å². The van der Waals surface area contributed by atoms with Crippen molar-refractivity contribution in [2.45, 2.75) is 328 Å². The van der Waals surface area contributed by atoms with Gasteiger partial charge in [0.15, 0.2) is 0 Å². The number of ether oxygens (including phenoxy) is 1. The van der Waals surface area contributed by atoms with Crippen LogP contribution in [0.4, 0.5) is 0 Å². The van der Waals surface area contributed by atoms with Gasteiger partial charge in [0.1, 0.15) is 0 Å². The number of rotatable bonds is 56. The van der Waals surface area contributed by atoms with E-state index in [-0.39, 0.29) is 18.5 Å². The monoisotopic (exact) mass is 968 g/mol. The maximum atomic E-state index is 12.5. The highest BCUT2D eigenvalue weighted by atomic mass is 16.5. The van der Waals surface area contributed by atoms with Crippen molar-refractivity contribution >= 4 is 11.9 Å². The van der Waals surface area contributed by atoms with Crippen LogP contribution in [-0.4, -0.2) is 47.4 Å². The third kappa shape index (κ3) is 55.0. The lowest BCUT2D eigenvalue weighted by Gasteiger charge is -2.20. The molecule has 0 aliphatic heterocycles. The first-order valence-corrected chi connectivity index (χ1v) is 30.4. The van der Waals surface area contributed by atoms with Crippen LogP contribution in [-0.2, 0) is 14.3 Å². The van der Waals surface area contributed by atoms with Gasteiger partial charge < -0.3 is 20.3 Å². The second-order valence-electron chi connectivity index (χ2n) is 20.7. The zero-order chi connectivity index (χ0) is 50.0. The highest BCUT2D eigenvalue weighted by Crippen LogP contribution is 2.16. The highest BCUT2D eigenvalue weighted by molar-refractivity contribution is 5.76. The van der Waals surface area contributed by atoms with Crippen molar-refractivity contribution in [1.82, 2.24) is 5.32 Å². The van der Waals surface area contributed by atoms with Crippen LogP contribution in [0.2, 0.25) is 0 Å². The van der Waals surface area contributed by atoms with Gasteiger partial charge in [-0.3, -0.25) is 9.59 Å². The Bertz CT molecular complexity index is 1160. The van der Waals surface area contributed by atoms with Crippen LogP contribution < -0.4 is 5.32 Å². The van der Waals surface area contributed by atoms with E-state index in [4.69, 9.17) is 4.74 Å². The van der Waals surface area contributed by atoms with Gasteiger partial charge in [0.2, 0.25) is 5.91 Å². The molecule has 2 atom stereocenters. The summed E-state index contributed by atoms with van der Waals surface area (Å²) >= 11 is 0. The van der Waals surface area contributed by atoms with E-state index in [1.54, 1.807) is 6.08 Å². The largest absolute Gasteiger partial charge is 0.466 e. The molecule has 3 N–H and O–H groups in total. The Morgan fingerprint density at radius 1 is 0.406 bits per heavy atom. The van der Waals surface area contributed by atoms with Crippen LogP contribution in [0.3, 0.4) is 0 Å². The molecular formula is C63H117NO5. The Morgan fingerprint density at radius 2 is 0.725 bits per heavy atom. The number of hydrogen-bond donors (Lipinski definition) is 3. The summed E-state index contributed by atoms with van der Waals surface area (Å²) < 4.78 is 5.46. The van der Waals surface area contributed by atoms with Crippen LogP contribution in [0.15, 0.2) is 48.6 Å². The number of amides is 1. The first-order chi connectivity index (χ1) is 34.0. The lowest BCUT2D eigenvalue weighted by atomic mass is 10.0. The van der Waals surface area contributed by atoms with Crippen LogP contribution in [0, 0.1) is 0 Å². The summed E-state index contributed by atoms with van der Waals surface area (Å²) in [5.41, 5.74) is 0. The van der Waals surface area contributed by atoms with Gasteiger partial charge >= 0.3 is 5.97 Å². The molecule has 2 unspecified atom stereocenters. The fourth-order valence-corrected chi connectivity index (χ4v) is 9.15. The molecule has 0 spiro atoms. The van der Waals surface area contributed by atoms with Gasteiger partial charge in [-0.2, -0.15) is 0 Å². The molecule has 1 amide bonds. The first-order valence-electron chi connectivity index (χ1n) is 30.4. The lowest BCUT2D eigenvalue weighted by molar-refractivity contribution is -0.143. The Morgan fingerprint density at radius 3 is 1.12 bits per heavy atom. The number of nitrogens with one attached hydrogen (secondary N) is 1. The van der Waals surface area contributed by atoms with Crippen molar-refractivity contribution in [2.75, 3.05) is 13.2 Å². The van der Waals surface area contributed by atoms with E-state index in [2.05, 4.69) is 55.6 Å². The third-order valence-corrected chi connectivity index (χ3v) is 13.8. The van der Waals surface area contributed by atoms with E-state index >= 15 is 0 Å². The van der Waals surface area contributed by atoms with Crippen molar-refractivity contribution in [2.24, 2.45) is 0 Å². The molecule has 0 aliphatic rings. The standard InChI is InChI=1S/C63H117NO5/c1-3-5-7-9-11-13-15-17-19-24-29-33-37-41-45-49-53-57-63(68)69-58-54-50-46-42-38-34-30-26-23-21-22-25-28-32-36-40-44-48-52-56-62(67)64-60(59-65)61(66)55-51-47-43-39-35-31-27-20-18-16-14-12-10-8-6-4-2/h17,19,26,30,34,38,51,55,60-61,65-66H,3-16,18,20-25,27-29,31-33,35-37,39-50,52-54,56-59H2,1-2H3,(H,64,67)/b19-17-,30-26-,38-34-,55-51+. The third-order valence-electron chi connectivity index (χ3n) is 13.8. The van der Waals surface area contributed by atoms with Gasteiger partial charge in [-0.05, 0) is 89.9 Å². The molecule has 0 radical (unpaired) electrons. The summed E-state index contributed by atoms with van der Waals surface area (Å²) in [6.07, 6.45) is 74.3. The molecule has 0 aromatic carbocycles. The SMILES string of the molecule is CCCCCCCC/C=C\CCCCCCCCCC(=O)OCCCCC/C=C\C=C/CCCCCCCCCCCCC(=O)NC(CO)C(O)/C=C/CCCCCCCCCCCCCCCC. The number of hydrogen-bond acceptors (Lipinski definition) is 5. The molecule has 0 saturated carbocycles. The molecule has 0 aromatic rings. The number of aliphatic hydroxyl groups is 2. The number of esters is 1. The van der Waals surface area contributed by atoms with Crippen molar-refractivity contribution in [3.05, 3.63) is 48.6 Å². The molecule has 0 fully saturated rings. The summed E-state index contributed by atoms with van der Waals surface area (Å²) in [6.45, 7) is 4.86. The molecule has 0 bridgehead atoms. The predicted molar refractivity (Wildman–Crippen MR) is 301 cm³/mol. The summed E-state index contributed by atoms with van der Waals surface area (Å²) in [5.74, 6) is -0.0950. The van der Waals surface area contributed by atoms with Crippen molar-refractivity contribution < 1.29 is 24.5 Å². The van der Waals surface area contributed by atoms with Gasteiger partial charge in [0.25, 0.3) is 0 Å². The van der Waals surface area contributed by atoms with Gasteiger partial charge in [-0.1, -0.05) is 262 Å². The van der Waals surface area contributed by atoms with E-state index < -0.39 is 12.1 Å².